The standard InChI is InChI=1S/C28H34ClN5O5S/c1-36-23-15-20(16-24-26(23)39-19-38-24)18-32-9-7-31(8-10-32)13-14-37-28(35)34-6-2-5-33(11-12-34)27-30-22-4-3-21(29)17-25(22)40-27/h3-4,15-17H,2,5-14,18-19H2,1H3. The lowest BCUT2D eigenvalue weighted by Crippen LogP contribution is -2.47. The molecule has 10 nitrogen and oxygen atoms in total. The third-order valence-electron chi connectivity index (χ3n) is 7.59. The maximum atomic E-state index is 12.8. The number of rotatable bonds is 7. The van der Waals surface area contributed by atoms with Gasteiger partial charge in [-0.2, -0.15) is 0 Å². The highest BCUT2D eigenvalue weighted by Gasteiger charge is 2.24. The predicted molar refractivity (Wildman–Crippen MR) is 155 cm³/mol. The minimum Gasteiger partial charge on any atom is -0.493 e. The third kappa shape index (κ3) is 6.17. The second-order valence-electron chi connectivity index (χ2n) is 10.2. The predicted octanol–water partition coefficient (Wildman–Crippen LogP) is 4.15. The molecule has 0 saturated carbocycles. The average Bonchev–Trinajstić information content (AvgIpc) is 3.53. The normalized spacial score (nSPS) is 18.2. The van der Waals surface area contributed by atoms with Crippen molar-refractivity contribution >= 4 is 44.4 Å². The Labute approximate surface area is 242 Å². The van der Waals surface area contributed by atoms with Crippen LogP contribution in [0.15, 0.2) is 30.3 Å². The summed E-state index contributed by atoms with van der Waals surface area (Å²) in [6.45, 7) is 8.88. The summed E-state index contributed by atoms with van der Waals surface area (Å²) in [6, 6.07) is 9.84. The molecule has 2 aromatic carbocycles. The van der Waals surface area contributed by atoms with Crippen LogP contribution in [0, 0.1) is 0 Å². The molecule has 0 unspecified atom stereocenters. The van der Waals surface area contributed by atoms with Gasteiger partial charge in [0, 0.05) is 70.5 Å². The van der Waals surface area contributed by atoms with Gasteiger partial charge in [-0.05, 0) is 42.3 Å². The van der Waals surface area contributed by atoms with E-state index in [0.717, 1.165) is 90.5 Å². The first-order valence-corrected chi connectivity index (χ1v) is 14.9. The van der Waals surface area contributed by atoms with Crippen LogP contribution in [0.1, 0.15) is 12.0 Å². The molecule has 4 heterocycles. The lowest BCUT2D eigenvalue weighted by Gasteiger charge is -2.34. The Morgan fingerprint density at radius 1 is 1.02 bits per heavy atom. The van der Waals surface area contributed by atoms with Crippen LogP contribution >= 0.6 is 22.9 Å². The maximum Gasteiger partial charge on any atom is 0.409 e. The second-order valence-corrected chi connectivity index (χ2v) is 11.6. The topological polar surface area (TPSA) is 79.8 Å². The summed E-state index contributed by atoms with van der Waals surface area (Å²) in [5.74, 6) is 2.14. The Morgan fingerprint density at radius 2 is 1.88 bits per heavy atom. The van der Waals surface area contributed by atoms with E-state index in [1.807, 2.05) is 35.2 Å². The largest absolute Gasteiger partial charge is 0.493 e. The maximum absolute atomic E-state index is 12.8. The molecule has 0 bridgehead atoms. The number of nitrogens with zero attached hydrogens (tertiary/aromatic N) is 5. The third-order valence-corrected chi connectivity index (χ3v) is 8.90. The van der Waals surface area contributed by atoms with Gasteiger partial charge >= 0.3 is 6.09 Å². The van der Waals surface area contributed by atoms with Crippen molar-refractivity contribution in [1.29, 1.82) is 0 Å². The summed E-state index contributed by atoms with van der Waals surface area (Å²) >= 11 is 7.78. The van der Waals surface area contributed by atoms with E-state index in [1.54, 1.807) is 18.4 Å². The number of amides is 1. The van der Waals surface area contributed by atoms with Gasteiger partial charge in [0.25, 0.3) is 0 Å². The number of ether oxygens (including phenoxy) is 4. The molecule has 2 fully saturated rings. The summed E-state index contributed by atoms with van der Waals surface area (Å²) in [5, 5.41) is 1.70. The van der Waals surface area contributed by atoms with Crippen LogP contribution in [-0.4, -0.2) is 105 Å². The fraction of sp³-hybridized carbons (Fsp3) is 0.500. The van der Waals surface area contributed by atoms with Gasteiger partial charge in [0.1, 0.15) is 6.61 Å². The number of fused-ring (bicyclic) bond motifs is 2. The molecule has 3 aliphatic rings. The van der Waals surface area contributed by atoms with Crippen molar-refractivity contribution in [2.75, 3.05) is 84.3 Å². The fourth-order valence-corrected chi connectivity index (χ4v) is 6.66. The van der Waals surface area contributed by atoms with Crippen LogP contribution in [0.3, 0.4) is 0 Å². The smallest absolute Gasteiger partial charge is 0.409 e. The van der Waals surface area contributed by atoms with Gasteiger partial charge in [0.15, 0.2) is 16.6 Å². The number of hydrogen-bond acceptors (Lipinski definition) is 10. The van der Waals surface area contributed by atoms with Crippen molar-refractivity contribution < 1.29 is 23.7 Å². The molecule has 0 N–H and O–H groups in total. The molecule has 3 aliphatic heterocycles. The number of benzene rings is 2. The molecule has 0 spiro atoms. The number of halogens is 1. The van der Waals surface area contributed by atoms with Crippen molar-refractivity contribution in [2.45, 2.75) is 13.0 Å². The minimum absolute atomic E-state index is 0.228. The van der Waals surface area contributed by atoms with E-state index in [9.17, 15) is 4.79 Å². The second kappa shape index (κ2) is 12.3. The van der Waals surface area contributed by atoms with Gasteiger partial charge in [-0.25, -0.2) is 9.78 Å². The summed E-state index contributed by atoms with van der Waals surface area (Å²) in [5.41, 5.74) is 2.10. The molecule has 1 aromatic heterocycles. The number of aromatic nitrogens is 1. The quantitative estimate of drug-likeness (QED) is 0.405. The van der Waals surface area contributed by atoms with Crippen LogP contribution in [-0.2, 0) is 11.3 Å². The SMILES string of the molecule is COc1cc(CN2CCN(CCOC(=O)N3CCCN(c4nc5ccc(Cl)cc5s4)CC3)CC2)cc2c1OCO2. The van der Waals surface area contributed by atoms with Gasteiger partial charge in [0.2, 0.25) is 12.5 Å². The van der Waals surface area contributed by atoms with Gasteiger partial charge in [-0.3, -0.25) is 9.80 Å². The fourth-order valence-electron chi connectivity index (χ4n) is 5.37. The first kappa shape index (κ1) is 27.2. The van der Waals surface area contributed by atoms with Crippen LogP contribution in [0.4, 0.5) is 9.93 Å². The monoisotopic (exact) mass is 587 g/mol. The number of methoxy groups -OCH3 is 1. The molecule has 0 aliphatic carbocycles. The van der Waals surface area contributed by atoms with E-state index in [4.69, 9.17) is 35.5 Å². The van der Waals surface area contributed by atoms with Gasteiger partial charge in [-0.15, -0.1) is 0 Å². The van der Waals surface area contributed by atoms with E-state index in [1.165, 1.54) is 0 Å². The van der Waals surface area contributed by atoms with Gasteiger partial charge < -0.3 is 28.7 Å². The Morgan fingerprint density at radius 3 is 2.73 bits per heavy atom. The van der Waals surface area contributed by atoms with E-state index in [2.05, 4.69) is 14.7 Å². The lowest BCUT2D eigenvalue weighted by molar-refractivity contribution is 0.0749. The summed E-state index contributed by atoms with van der Waals surface area (Å²) in [4.78, 5) is 26.4. The molecular formula is C28H34ClN5O5S. The van der Waals surface area contributed by atoms with Crippen molar-refractivity contribution in [3.05, 3.63) is 40.9 Å². The van der Waals surface area contributed by atoms with E-state index in [-0.39, 0.29) is 12.9 Å². The van der Waals surface area contributed by atoms with E-state index < -0.39 is 0 Å². The van der Waals surface area contributed by atoms with Crippen LogP contribution < -0.4 is 19.1 Å². The average molecular weight is 588 g/mol. The van der Waals surface area contributed by atoms with E-state index >= 15 is 0 Å². The van der Waals surface area contributed by atoms with Crippen molar-refractivity contribution in [2.24, 2.45) is 0 Å². The molecule has 214 valence electrons. The zero-order valence-corrected chi connectivity index (χ0v) is 24.2. The van der Waals surface area contributed by atoms with E-state index in [0.29, 0.717) is 31.2 Å². The van der Waals surface area contributed by atoms with Crippen LogP contribution in [0.2, 0.25) is 5.02 Å². The number of hydrogen-bond donors (Lipinski definition) is 0. The first-order valence-electron chi connectivity index (χ1n) is 13.7. The highest BCUT2D eigenvalue weighted by atomic mass is 35.5. The van der Waals surface area contributed by atoms with Crippen LogP contribution in [0.25, 0.3) is 10.2 Å². The number of piperazine rings is 1. The number of carbonyl (C=O) groups excluding carboxylic acids is 1. The Balaban J connectivity index is 0.920. The van der Waals surface area contributed by atoms with Crippen molar-refractivity contribution in [3.8, 4) is 17.2 Å². The summed E-state index contributed by atoms with van der Waals surface area (Å²) in [6.07, 6.45) is 0.650. The summed E-state index contributed by atoms with van der Waals surface area (Å²) in [7, 11) is 1.65. The molecular weight excluding hydrogens is 554 g/mol. The van der Waals surface area contributed by atoms with Crippen molar-refractivity contribution in [1.82, 2.24) is 19.7 Å². The summed E-state index contributed by atoms with van der Waals surface area (Å²) < 4.78 is 23.3. The minimum atomic E-state index is -0.228. The highest BCUT2D eigenvalue weighted by molar-refractivity contribution is 7.22. The van der Waals surface area contributed by atoms with Crippen LogP contribution in [0.5, 0.6) is 17.2 Å². The Bertz CT molecular complexity index is 1350. The number of anilines is 1. The molecule has 1 amide bonds. The van der Waals surface area contributed by atoms with Crippen molar-refractivity contribution in [3.63, 3.8) is 0 Å². The zero-order valence-electron chi connectivity index (χ0n) is 22.6. The lowest BCUT2D eigenvalue weighted by atomic mass is 10.1. The number of thiazole rings is 1. The Hall–Kier alpha value is -2.99. The highest BCUT2D eigenvalue weighted by Crippen LogP contribution is 2.42. The molecule has 6 rings (SSSR count). The molecule has 2 saturated heterocycles. The first-order chi connectivity index (χ1) is 19.6. The Kier molecular flexibility index (Phi) is 8.33. The molecule has 40 heavy (non-hydrogen) atoms. The molecule has 0 atom stereocenters. The van der Waals surface area contributed by atoms with Gasteiger partial charge in [0.05, 0.1) is 17.3 Å². The molecule has 0 radical (unpaired) electrons. The molecule has 12 heteroatoms. The molecule has 3 aromatic rings. The number of carbonyl (C=O) groups is 1. The van der Waals surface area contributed by atoms with Gasteiger partial charge in [-0.1, -0.05) is 22.9 Å². The zero-order chi connectivity index (χ0) is 27.5.